The highest BCUT2D eigenvalue weighted by Crippen LogP contribution is 2.51. The first-order valence-corrected chi connectivity index (χ1v) is 13.8. The first kappa shape index (κ1) is 31.1. The van der Waals surface area contributed by atoms with Gasteiger partial charge in [0.05, 0.1) is 40.4 Å². The van der Waals surface area contributed by atoms with Crippen LogP contribution >= 0.6 is 7.82 Å². The number of phosphoric ester groups is 1. The van der Waals surface area contributed by atoms with Crippen LogP contribution in [0.15, 0.2) is 12.3 Å². The predicted octanol–water partition coefficient (Wildman–Crippen LogP) is 6.93. The van der Waals surface area contributed by atoms with Crippen molar-refractivity contribution >= 4 is 13.8 Å². The van der Waals surface area contributed by atoms with Crippen LogP contribution in [0.4, 0.5) is 0 Å². The lowest BCUT2D eigenvalue weighted by molar-refractivity contribution is -0.873. The quantitative estimate of drug-likeness (QED) is 0.0786. The summed E-state index contributed by atoms with van der Waals surface area (Å²) in [6, 6.07) is 0. The minimum Gasteiger partial charge on any atom is -0.481 e. The Morgan fingerprint density at radius 2 is 1.44 bits per heavy atom. The van der Waals surface area contributed by atoms with Crippen molar-refractivity contribution in [2.24, 2.45) is 0 Å². The van der Waals surface area contributed by atoms with Gasteiger partial charge in [0.1, 0.15) is 12.6 Å². The van der Waals surface area contributed by atoms with E-state index in [1.54, 1.807) is 13.0 Å². The van der Waals surface area contributed by atoms with E-state index in [0.717, 1.165) is 19.3 Å². The Bertz CT molecular complexity index is 547. The van der Waals surface area contributed by atoms with Gasteiger partial charge in [-0.05, 0) is 13.3 Å². The normalized spacial score (nSPS) is 15.0. The van der Waals surface area contributed by atoms with E-state index in [1.165, 1.54) is 64.0 Å². The van der Waals surface area contributed by atoms with Crippen molar-refractivity contribution in [3.63, 3.8) is 0 Å². The number of nitrogens with zero attached hydrogens (tertiary/aromatic N) is 1. The molecule has 0 aliphatic rings. The highest BCUT2D eigenvalue weighted by Gasteiger charge is 2.35. The topological polar surface area (TPSA) is 82.1 Å². The molecule has 0 radical (unpaired) electrons. The van der Waals surface area contributed by atoms with Gasteiger partial charge in [0.15, 0.2) is 0 Å². The molecule has 0 spiro atoms. The smallest absolute Gasteiger partial charge is 0.481 e. The number of aliphatic carboxylic acids is 1. The first-order valence-electron chi connectivity index (χ1n) is 12.4. The molecule has 1 N–H and O–H groups in total. The Morgan fingerprint density at radius 1 is 0.938 bits per heavy atom. The molecule has 7 nitrogen and oxygen atoms in total. The number of allylic oxidation sites excluding steroid dienone is 1. The molecule has 190 valence electrons. The second-order valence-corrected chi connectivity index (χ2v) is 11.1. The largest absolute Gasteiger partial charge is 0.529 e. The fourth-order valence-corrected chi connectivity index (χ4v) is 4.77. The first-order chi connectivity index (χ1) is 15.1. The molecule has 0 aromatic heterocycles. The molecule has 0 saturated carbocycles. The average Bonchev–Trinajstić information content (AvgIpc) is 2.68. The molecular weight excluding hydrogens is 429 g/mol. The fourth-order valence-electron chi connectivity index (χ4n) is 3.46. The minimum atomic E-state index is -3.88. The summed E-state index contributed by atoms with van der Waals surface area (Å²) in [5.74, 6) is -1.01. The third-order valence-electron chi connectivity index (χ3n) is 5.01. The number of carboxylic acids is 1. The van der Waals surface area contributed by atoms with Crippen molar-refractivity contribution in [2.45, 2.75) is 103 Å². The lowest BCUT2D eigenvalue weighted by atomic mass is 10.1. The van der Waals surface area contributed by atoms with Gasteiger partial charge in [-0.2, -0.15) is 0 Å². The van der Waals surface area contributed by atoms with Gasteiger partial charge in [-0.1, -0.05) is 83.6 Å². The van der Waals surface area contributed by atoms with Crippen LogP contribution in [0.25, 0.3) is 0 Å². The zero-order valence-electron chi connectivity index (χ0n) is 21.2. The third-order valence-corrected chi connectivity index (χ3v) is 6.44. The van der Waals surface area contributed by atoms with Gasteiger partial charge >= 0.3 is 13.8 Å². The molecule has 0 aliphatic heterocycles. The third kappa shape index (κ3) is 19.8. The Kier molecular flexibility index (Phi) is 18.0. The summed E-state index contributed by atoms with van der Waals surface area (Å²) in [5.41, 5.74) is 0. The minimum absolute atomic E-state index is 0.260. The van der Waals surface area contributed by atoms with Crippen LogP contribution in [0.5, 0.6) is 0 Å². The highest BCUT2D eigenvalue weighted by molar-refractivity contribution is 7.48. The van der Waals surface area contributed by atoms with Crippen molar-refractivity contribution in [1.82, 2.24) is 0 Å². The molecule has 32 heavy (non-hydrogen) atoms. The summed E-state index contributed by atoms with van der Waals surface area (Å²) in [6.07, 6.45) is 16.6. The van der Waals surface area contributed by atoms with Crippen LogP contribution in [0.2, 0.25) is 0 Å². The Morgan fingerprint density at radius 3 is 1.88 bits per heavy atom. The van der Waals surface area contributed by atoms with Crippen molar-refractivity contribution < 1.29 is 32.5 Å². The fraction of sp³-hybridized carbons (Fsp3) is 0.875. The molecule has 0 fully saturated rings. The zero-order valence-corrected chi connectivity index (χ0v) is 22.1. The van der Waals surface area contributed by atoms with Crippen LogP contribution in [0, 0.1) is 0 Å². The maximum Gasteiger partial charge on any atom is 0.529 e. The van der Waals surface area contributed by atoms with Crippen LogP contribution in [-0.2, 0) is 22.9 Å². The van der Waals surface area contributed by atoms with E-state index in [4.69, 9.17) is 13.6 Å². The number of unbranched alkanes of at least 4 members (excludes halogenated alkanes) is 11. The summed E-state index contributed by atoms with van der Waals surface area (Å²) in [4.78, 5) is 11.2. The number of likely N-dealkylation sites (N-methyl/N-ethyl adjacent to an activating group) is 1. The van der Waals surface area contributed by atoms with E-state index in [2.05, 4.69) is 6.92 Å². The Labute approximate surface area is 196 Å². The van der Waals surface area contributed by atoms with Gasteiger partial charge < -0.3 is 14.1 Å². The van der Waals surface area contributed by atoms with Gasteiger partial charge in [0.25, 0.3) is 0 Å². The number of quaternary nitrogens is 1. The van der Waals surface area contributed by atoms with Crippen molar-refractivity contribution in [3.8, 4) is 0 Å². The molecule has 0 aromatic carbocycles. The zero-order chi connectivity index (χ0) is 24.3. The summed E-state index contributed by atoms with van der Waals surface area (Å²) in [5, 5.41) is 9.18. The molecule has 0 bridgehead atoms. The molecular formula is C24H49NO6P+. The molecule has 0 rings (SSSR count). The van der Waals surface area contributed by atoms with Crippen LogP contribution in [0.3, 0.4) is 0 Å². The number of rotatable bonds is 22. The number of hydrogen-bond acceptors (Lipinski definition) is 5. The van der Waals surface area contributed by atoms with Gasteiger partial charge in [-0.15, -0.1) is 0 Å². The van der Waals surface area contributed by atoms with E-state index in [-0.39, 0.29) is 13.0 Å². The predicted molar refractivity (Wildman–Crippen MR) is 131 cm³/mol. The van der Waals surface area contributed by atoms with E-state index in [9.17, 15) is 14.5 Å². The van der Waals surface area contributed by atoms with Gasteiger partial charge in [0, 0.05) is 0 Å². The molecule has 0 heterocycles. The monoisotopic (exact) mass is 478 g/mol. The lowest BCUT2D eigenvalue weighted by Crippen LogP contribution is -2.43. The van der Waals surface area contributed by atoms with Crippen molar-refractivity contribution in [2.75, 3.05) is 34.3 Å². The van der Waals surface area contributed by atoms with E-state index < -0.39 is 19.9 Å². The standard InChI is InChI=1S/C24H48NO6P/c1-6-8-9-10-11-12-13-14-15-16-17-18-20-30-32(28,29-19-7-2)31-23(21-24(26)27)22-25(3,4)5/h7,19,23H,6,8-18,20-22H2,1-5H3/p+1. The summed E-state index contributed by atoms with van der Waals surface area (Å²) in [7, 11) is 1.88. The Hall–Kier alpha value is -0.880. The number of carbonyl (C=O) groups is 1. The molecule has 0 aromatic rings. The Balaban J connectivity index is 4.25. The van der Waals surface area contributed by atoms with Crippen molar-refractivity contribution in [1.29, 1.82) is 0 Å². The number of phosphoric acid groups is 1. The lowest BCUT2D eigenvalue weighted by Gasteiger charge is -2.29. The molecule has 2 unspecified atom stereocenters. The summed E-state index contributed by atoms with van der Waals surface area (Å²) >= 11 is 0. The van der Waals surface area contributed by atoms with Gasteiger partial charge in [-0.3, -0.25) is 13.8 Å². The molecule has 0 amide bonds. The van der Waals surface area contributed by atoms with Gasteiger partial charge in [-0.25, -0.2) is 4.57 Å². The summed E-state index contributed by atoms with van der Waals surface area (Å²) < 4.78 is 29.9. The molecule has 2 atom stereocenters. The van der Waals surface area contributed by atoms with Crippen LogP contribution in [-0.4, -0.2) is 56.0 Å². The second kappa shape index (κ2) is 18.5. The maximum atomic E-state index is 13.0. The number of carboxylic acid groups (broad SMARTS) is 1. The van der Waals surface area contributed by atoms with Crippen molar-refractivity contribution in [3.05, 3.63) is 12.3 Å². The van der Waals surface area contributed by atoms with Gasteiger partial charge in [0.2, 0.25) is 0 Å². The molecule has 8 heteroatoms. The van der Waals surface area contributed by atoms with Crippen LogP contribution in [0.1, 0.15) is 97.3 Å². The van der Waals surface area contributed by atoms with E-state index >= 15 is 0 Å². The number of hydrogen-bond donors (Lipinski definition) is 1. The average molecular weight is 479 g/mol. The maximum absolute atomic E-state index is 13.0. The van der Waals surface area contributed by atoms with E-state index in [0.29, 0.717) is 11.0 Å². The second-order valence-electron chi connectivity index (χ2n) is 9.54. The highest BCUT2D eigenvalue weighted by atomic mass is 31.2. The molecule has 0 aliphatic carbocycles. The summed E-state index contributed by atoms with van der Waals surface area (Å²) in [6.45, 7) is 4.61. The van der Waals surface area contributed by atoms with E-state index in [1.807, 2.05) is 21.1 Å². The van der Waals surface area contributed by atoms with Crippen LogP contribution < -0.4 is 0 Å². The molecule has 0 saturated heterocycles. The SMILES string of the molecule is CC=COP(=O)(OCCCCCCCCCCCCCC)OC(CC(=O)O)C[N+](C)(C)C.